The van der Waals surface area contributed by atoms with Gasteiger partial charge in [-0.3, -0.25) is 9.69 Å². The van der Waals surface area contributed by atoms with E-state index in [0.29, 0.717) is 50.8 Å². The number of ether oxygens (including phenoxy) is 4. The fraction of sp³-hybridized carbons (Fsp3) is 0.500. The Bertz CT molecular complexity index is 1200. The molecule has 0 aliphatic carbocycles. The monoisotopic (exact) mass is 567 g/mol. The van der Waals surface area contributed by atoms with Crippen LogP contribution in [0.2, 0.25) is 0 Å². The van der Waals surface area contributed by atoms with Crippen molar-refractivity contribution < 1.29 is 28.5 Å². The van der Waals surface area contributed by atoms with E-state index in [1.807, 2.05) is 49.4 Å². The summed E-state index contributed by atoms with van der Waals surface area (Å²) in [5.74, 6) is 1.65. The highest BCUT2D eigenvalue weighted by atomic mass is 16.5. The Hall–Kier alpha value is -3.83. The van der Waals surface area contributed by atoms with Gasteiger partial charge in [-0.15, -0.1) is 0 Å². The highest BCUT2D eigenvalue weighted by molar-refractivity contribution is 6.03. The summed E-state index contributed by atoms with van der Waals surface area (Å²) in [5, 5.41) is 9.23. The van der Waals surface area contributed by atoms with Gasteiger partial charge in [0.25, 0.3) is 5.91 Å². The summed E-state index contributed by atoms with van der Waals surface area (Å²) in [4.78, 5) is 30.8. The molecule has 1 atom stereocenters. The molecule has 3 amide bonds. The molecule has 4 rings (SSSR count). The summed E-state index contributed by atoms with van der Waals surface area (Å²) in [6.07, 6.45) is 1.31. The first-order chi connectivity index (χ1) is 20.0. The number of hydrogen-bond acceptors (Lipinski definition) is 8. The molecule has 0 aromatic heterocycles. The Balaban J connectivity index is 1.59. The zero-order valence-corrected chi connectivity index (χ0v) is 24.4. The second-order valence-corrected chi connectivity index (χ2v) is 9.96. The lowest BCUT2D eigenvalue weighted by atomic mass is 9.98. The van der Waals surface area contributed by atoms with E-state index in [1.54, 1.807) is 26.2 Å². The molecule has 0 radical (unpaired) electrons. The van der Waals surface area contributed by atoms with E-state index >= 15 is 0 Å². The van der Waals surface area contributed by atoms with Crippen LogP contribution in [-0.4, -0.2) is 106 Å². The minimum absolute atomic E-state index is 0.0942. The molecule has 2 aromatic carbocycles. The third kappa shape index (κ3) is 7.68. The Labute approximate surface area is 242 Å². The van der Waals surface area contributed by atoms with Crippen molar-refractivity contribution in [2.75, 3.05) is 73.8 Å². The molecule has 0 bridgehead atoms. The van der Waals surface area contributed by atoms with Crippen LogP contribution in [0.4, 0.5) is 4.79 Å². The third-order valence-corrected chi connectivity index (χ3v) is 7.31. The molecular formula is C30H41N5O6. The predicted octanol–water partition coefficient (Wildman–Crippen LogP) is 3.14. The molecule has 222 valence electrons. The third-order valence-electron chi connectivity index (χ3n) is 7.31. The van der Waals surface area contributed by atoms with Gasteiger partial charge in [0.15, 0.2) is 11.5 Å². The van der Waals surface area contributed by atoms with Crippen molar-refractivity contribution in [1.29, 1.82) is 0 Å². The van der Waals surface area contributed by atoms with Crippen LogP contribution in [0.1, 0.15) is 36.9 Å². The van der Waals surface area contributed by atoms with Crippen LogP contribution in [-0.2, 0) is 9.53 Å². The van der Waals surface area contributed by atoms with Crippen LogP contribution in [0.15, 0.2) is 47.6 Å². The molecule has 11 heteroatoms. The normalized spacial score (nSPS) is 17.1. The van der Waals surface area contributed by atoms with Crippen molar-refractivity contribution in [3.63, 3.8) is 0 Å². The summed E-state index contributed by atoms with van der Waals surface area (Å²) >= 11 is 0. The van der Waals surface area contributed by atoms with Crippen LogP contribution in [0.3, 0.4) is 0 Å². The average Bonchev–Trinajstić information content (AvgIpc) is 3.47. The van der Waals surface area contributed by atoms with Crippen LogP contribution >= 0.6 is 0 Å². The van der Waals surface area contributed by atoms with Crippen LogP contribution in [0.5, 0.6) is 17.2 Å². The van der Waals surface area contributed by atoms with Crippen LogP contribution in [0, 0.1) is 0 Å². The van der Waals surface area contributed by atoms with Crippen LogP contribution in [0.25, 0.3) is 0 Å². The molecule has 0 unspecified atom stereocenters. The van der Waals surface area contributed by atoms with Gasteiger partial charge in [-0.25, -0.2) is 9.80 Å². The van der Waals surface area contributed by atoms with Gasteiger partial charge >= 0.3 is 6.03 Å². The van der Waals surface area contributed by atoms with Gasteiger partial charge in [0.2, 0.25) is 0 Å². The summed E-state index contributed by atoms with van der Waals surface area (Å²) in [5.41, 5.74) is 2.53. The number of amides is 3. The van der Waals surface area contributed by atoms with Crippen molar-refractivity contribution in [1.82, 2.24) is 20.1 Å². The summed E-state index contributed by atoms with van der Waals surface area (Å²) < 4.78 is 21.7. The standard InChI is InChI=1S/C30H41N5O6/c1-5-12-31-30(37)34(14-13-33-15-17-41-18-16-33)21-29(36)35-26(23-8-11-27(39-3)28(19-23)40-4)20-25(32-35)22-6-9-24(38-2)10-7-22/h6-11,19,26H,5,12-18,20-21H2,1-4H3,(H,31,37)/t26-/m1/s1. The smallest absolute Gasteiger partial charge is 0.317 e. The highest BCUT2D eigenvalue weighted by Crippen LogP contribution is 2.37. The van der Waals surface area contributed by atoms with Gasteiger partial charge in [-0.2, -0.15) is 5.10 Å². The maximum absolute atomic E-state index is 13.9. The first kappa shape index (κ1) is 30.1. The van der Waals surface area contributed by atoms with Gasteiger partial charge in [0.05, 0.1) is 46.3 Å². The van der Waals surface area contributed by atoms with Crippen molar-refractivity contribution in [3.05, 3.63) is 53.6 Å². The molecule has 2 aliphatic heterocycles. The van der Waals surface area contributed by atoms with E-state index in [1.165, 1.54) is 5.01 Å². The van der Waals surface area contributed by atoms with E-state index in [0.717, 1.165) is 42.1 Å². The fourth-order valence-electron chi connectivity index (χ4n) is 4.94. The number of nitrogens with zero attached hydrogens (tertiary/aromatic N) is 4. The molecule has 1 fully saturated rings. The van der Waals surface area contributed by atoms with Crippen molar-refractivity contribution in [3.8, 4) is 17.2 Å². The van der Waals surface area contributed by atoms with Crippen molar-refractivity contribution in [2.24, 2.45) is 5.10 Å². The van der Waals surface area contributed by atoms with E-state index in [-0.39, 0.29) is 24.5 Å². The summed E-state index contributed by atoms with van der Waals surface area (Å²) in [6.45, 7) is 6.48. The number of hydrazone groups is 1. The second kappa shape index (κ2) is 14.7. The van der Waals surface area contributed by atoms with Crippen molar-refractivity contribution in [2.45, 2.75) is 25.8 Å². The van der Waals surface area contributed by atoms with Gasteiger partial charge in [0, 0.05) is 39.1 Å². The lowest BCUT2D eigenvalue weighted by Gasteiger charge is -2.31. The Morgan fingerprint density at radius 1 is 1.02 bits per heavy atom. The van der Waals surface area contributed by atoms with Gasteiger partial charge in [-0.1, -0.05) is 13.0 Å². The number of urea groups is 1. The first-order valence-corrected chi connectivity index (χ1v) is 14.1. The number of hydrogen-bond donors (Lipinski definition) is 1. The minimum Gasteiger partial charge on any atom is -0.497 e. The Morgan fingerprint density at radius 3 is 2.41 bits per heavy atom. The molecule has 2 heterocycles. The molecule has 0 saturated carbocycles. The van der Waals surface area contributed by atoms with Crippen LogP contribution < -0.4 is 19.5 Å². The number of benzene rings is 2. The quantitative estimate of drug-likeness (QED) is 0.420. The van der Waals surface area contributed by atoms with E-state index in [4.69, 9.17) is 24.0 Å². The molecule has 2 aromatic rings. The topological polar surface area (TPSA) is 105 Å². The zero-order valence-electron chi connectivity index (χ0n) is 24.4. The molecule has 2 aliphatic rings. The average molecular weight is 568 g/mol. The molecule has 1 N–H and O–H groups in total. The minimum atomic E-state index is -0.376. The Kier molecular flexibility index (Phi) is 10.8. The van der Waals surface area contributed by atoms with Gasteiger partial charge in [0.1, 0.15) is 12.3 Å². The Morgan fingerprint density at radius 2 is 1.76 bits per heavy atom. The van der Waals surface area contributed by atoms with Gasteiger partial charge in [-0.05, 0) is 53.9 Å². The van der Waals surface area contributed by atoms with E-state index in [2.05, 4.69) is 10.2 Å². The number of carbonyl (C=O) groups excluding carboxylic acids is 2. The van der Waals surface area contributed by atoms with E-state index < -0.39 is 0 Å². The highest BCUT2D eigenvalue weighted by Gasteiger charge is 2.35. The number of rotatable bonds is 12. The molecule has 11 nitrogen and oxygen atoms in total. The largest absolute Gasteiger partial charge is 0.497 e. The number of morpholine rings is 1. The van der Waals surface area contributed by atoms with E-state index in [9.17, 15) is 9.59 Å². The first-order valence-electron chi connectivity index (χ1n) is 14.1. The summed E-state index contributed by atoms with van der Waals surface area (Å²) in [6, 6.07) is 12.6. The fourth-order valence-corrected chi connectivity index (χ4v) is 4.94. The second-order valence-electron chi connectivity index (χ2n) is 9.96. The van der Waals surface area contributed by atoms with Crippen molar-refractivity contribution >= 4 is 17.6 Å². The maximum Gasteiger partial charge on any atom is 0.317 e. The molecular weight excluding hydrogens is 526 g/mol. The number of carbonyl (C=O) groups is 2. The predicted molar refractivity (Wildman–Crippen MR) is 156 cm³/mol. The number of nitrogens with one attached hydrogen (secondary N) is 1. The zero-order chi connectivity index (χ0) is 29.2. The van der Waals surface area contributed by atoms with Gasteiger partial charge < -0.3 is 29.2 Å². The summed E-state index contributed by atoms with van der Waals surface area (Å²) in [7, 11) is 4.79. The number of methoxy groups -OCH3 is 3. The lowest BCUT2D eigenvalue weighted by Crippen LogP contribution is -2.49. The molecule has 0 spiro atoms. The molecule has 41 heavy (non-hydrogen) atoms. The SMILES string of the molecule is CCCNC(=O)N(CCN1CCOCC1)CC(=O)N1N=C(c2ccc(OC)cc2)C[C@@H]1c1ccc(OC)c(OC)c1. The molecule has 1 saturated heterocycles. The lowest BCUT2D eigenvalue weighted by molar-refractivity contribution is -0.133. The maximum atomic E-state index is 13.9.